The van der Waals surface area contributed by atoms with Gasteiger partial charge in [-0.05, 0) is 6.07 Å². The van der Waals surface area contributed by atoms with Crippen LogP contribution < -0.4 is 5.73 Å². The van der Waals surface area contributed by atoms with E-state index in [1.165, 1.54) is 0 Å². The Morgan fingerprint density at radius 1 is 1.70 bits per heavy atom. The van der Waals surface area contributed by atoms with Crippen molar-refractivity contribution in [3.05, 3.63) is 18.0 Å². The molecule has 0 saturated heterocycles. The molecule has 3 nitrogen and oxygen atoms in total. The Bertz CT molecular complexity index is 197. The van der Waals surface area contributed by atoms with Crippen LogP contribution in [0, 0.1) is 0 Å². The van der Waals surface area contributed by atoms with E-state index in [4.69, 9.17) is 5.73 Å². The number of nitrogens with zero attached hydrogens (tertiary/aromatic N) is 2. The summed E-state index contributed by atoms with van der Waals surface area (Å²) >= 11 is 0. The summed E-state index contributed by atoms with van der Waals surface area (Å²) in [7, 11) is 0. The smallest absolute Gasteiger partial charge is 0.109 e. The maximum absolute atomic E-state index is 11.7. The van der Waals surface area contributed by atoms with Crippen molar-refractivity contribution in [2.45, 2.75) is 13.1 Å². The molecular weight excluding hydrogens is 133 g/mol. The SMILES string of the molecule is NCc1ccn(CCF)n1. The summed E-state index contributed by atoms with van der Waals surface area (Å²) in [6, 6.07) is 1.79. The van der Waals surface area contributed by atoms with Gasteiger partial charge in [0.1, 0.15) is 6.67 Å². The number of alkyl halides is 1. The second-order valence-corrected chi connectivity index (χ2v) is 1.96. The fourth-order valence-electron chi connectivity index (χ4n) is 0.724. The van der Waals surface area contributed by atoms with E-state index < -0.39 is 0 Å². The molecule has 0 atom stereocenters. The number of hydrogen-bond donors (Lipinski definition) is 1. The average Bonchev–Trinajstić information content (AvgIpc) is 2.37. The van der Waals surface area contributed by atoms with Gasteiger partial charge >= 0.3 is 0 Å². The zero-order valence-electron chi connectivity index (χ0n) is 5.63. The number of rotatable bonds is 3. The monoisotopic (exact) mass is 143 g/mol. The van der Waals surface area contributed by atoms with Crippen LogP contribution in [-0.4, -0.2) is 16.5 Å². The van der Waals surface area contributed by atoms with E-state index in [0.717, 1.165) is 5.69 Å². The van der Waals surface area contributed by atoms with Crippen molar-refractivity contribution in [1.82, 2.24) is 9.78 Å². The normalized spacial score (nSPS) is 10.2. The first kappa shape index (κ1) is 7.21. The van der Waals surface area contributed by atoms with Crippen molar-refractivity contribution in [2.75, 3.05) is 6.67 Å². The lowest BCUT2D eigenvalue weighted by atomic mass is 10.4. The molecule has 0 aliphatic carbocycles. The van der Waals surface area contributed by atoms with Gasteiger partial charge in [-0.1, -0.05) is 0 Å². The highest BCUT2D eigenvalue weighted by atomic mass is 19.1. The maximum Gasteiger partial charge on any atom is 0.109 e. The molecule has 1 aromatic rings. The lowest BCUT2D eigenvalue weighted by molar-refractivity contribution is 0.426. The van der Waals surface area contributed by atoms with Crippen LogP contribution in [-0.2, 0) is 13.1 Å². The summed E-state index contributed by atoms with van der Waals surface area (Å²) in [5.41, 5.74) is 6.09. The molecule has 10 heavy (non-hydrogen) atoms. The molecule has 0 radical (unpaired) electrons. The molecule has 56 valence electrons. The molecule has 2 N–H and O–H groups in total. The number of halogens is 1. The molecule has 4 heteroatoms. The van der Waals surface area contributed by atoms with Crippen molar-refractivity contribution >= 4 is 0 Å². The number of aryl methyl sites for hydroxylation is 1. The predicted octanol–water partition coefficient (Wildman–Crippen LogP) is 0.311. The van der Waals surface area contributed by atoms with E-state index >= 15 is 0 Å². The molecule has 0 saturated carbocycles. The third-order valence-corrected chi connectivity index (χ3v) is 1.22. The van der Waals surface area contributed by atoms with Gasteiger partial charge in [0.25, 0.3) is 0 Å². The Kier molecular flexibility index (Phi) is 2.39. The van der Waals surface area contributed by atoms with Crippen molar-refractivity contribution in [1.29, 1.82) is 0 Å². The molecule has 0 spiro atoms. The standard InChI is InChI=1S/C6H10FN3/c7-2-4-10-3-1-6(5-8)9-10/h1,3H,2,4-5,8H2. The second-order valence-electron chi connectivity index (χ2n) is 1.96. The Morgan fingerprint density at radius 2 is 2.50 bits per heavy atom. The molecule has 0 amide bonds. The summed E-state index contributed by atoms with van der Waals surface area (Å²) in [6.45, 7) is 0.352. The Labute approximate surface area is 58.6 Å². The van der Waals surface area contributed by atoms with Crippen molar-refractivity contribution in [3.63, 3.8) is 0 Å². The van der Waals surface area contributed by atoms with Crippen LogP contribution in [0.15, 0.2) is 12.3 Å². The molecule has 0 bridgehead atoms. The first-order chi connectivity index (χ1) is 4.86. The van der Waals surface area contributed by atoms with Gasteiger partial charge in [-0.2, -0.15) is 5.10 Å². The van der Waals surface area contributed by atoms with Crippen molar-refractivity contribution in [2.24, 2.45) is 5.73 Å². The largest absolute Gasteiger partial charge is 0.325 e. The van der Waals surface area contributed by atoms with Gasteiger partial charge in [-0.25, -0.2) is 4.39 Å². The molecule has 1 rings (SSSR count). The summed E-state index contributed by atoms with van der Waals surface area (Å²) in [4.78, 5) is 0. The molecular formula is C6H10FN3. The third kappa shape index (κ3) is 1.54. The molecule has 0 aliphatic rings. The molecule has 1 aromatic heterocycles. The van der Waals surface area contributed by atoms with Gasteiger partial charge in [-0.15, -0.1) is 0 Å². The van der Waals surface area contributed by atoms with Crippen LogP contribution in [0.1, 0.15) is 5.69 Å². The molecule has 1 heterocycles. The minimum Gasteiger partial charge on any atom is -0.325 e. The lowest BCUT2D eigenvalue weighted by Gasteiger charge is -1.93. The van der Waals surface area contributed by atoms with E-state index in [9.17, 15) is 4.39 Å². The first-order valence-electron chi connectivity index (χ1n) is 3.15. The average molecular weight is 143 g/mol. The predicted molar refractivity (Wildman–Crippen MR) is 36.1 cm³/mol. The zero-order chi connectivity index (χ0) is 7.40. The van der Waals surface area contributed by atoms with E-state index in [1.807, 2.05) is 0 Å². The maximum atomic E-state index is 11.7. The fourth-order valence-corrected chi connectivity index (χ4v) is 0.724. The molecule has 0 fully saturated rings. The first-order valence-corrected chi connectivity index (χ1v) is 3.15. The lowest BCUT2D eigenvalue weighted by Crippen LogP contribution is -2.03. The van der Waals surface area contributed by atoms with E-state index in [1.54, 1.807) is 16.9 Å². The minimum absolute atomic E-state index is 0.319. The number of hydrogen-bond acceptors (Lipinski definition) is 2. The van der Waals surface area contributed by atoms with Gasteiger partial charge in [0.2, 0.25) is 0 Å². The second kappa shape index (κ2) is 3.31. The van der Waals surface area contributed by atoms with E-state index in [-0.39, 0.29) is 6.67 Å². The minimum atomic E-state index is -0.383. The van der Waals surface area contributed by atoms with Crippen LogP contribution in [0.3, 0.4) is 0 Å². The highest BCUT2D eigenvalue weighted by Crippen LogP contribution is 1.93. The molecule has 0 aromatic carbocycles. The Balaban J connectivity index is 2.59. The topological polar surface area (TPSA) is 43.8 Å². The van der Waals surface area contributed by atoms with Crippen LogP contribution >= 0.6 is 0 Å². The van der Waals surface area contributed by atoms with Crippen LogP contribution in [0.5, 0.6) is 0 Å². The van der Waals surface area contributed by atoms with Crippen LogP contribution in [0.25, 0.3) is 0 Å². The van der Waals surface area contributed by atoms with Crippen LogP contribution in [0.4, 0.5) is 4.39 Å². The van der Waals surface area contributed by atoms with Crippen molar-refractivity contribution in [3.8, 4) is 0 Å². The molecule has 0 aliphatic heterocycles. The Hall–Kier alpha value is -0.900. The highest BCUT2D eigenvalue weighted by Gasteiger charge is 1.94. The summed E-state index contributed by atoms with van der Waals surface area (Å²) in [5.74, 6) is 0. The summed E-state index contributed by atoms with van der Waals surface area (Å²) in [5, 5.41) is 3.97. The number of aromatic nitrogens is 2. The van der Waals surface area contributed by atoms with E-state index in [2.05, 4.69) is 5.10 Å². The molecule has 0 unspecified atom stereocenters. The van der Waals surface area contributed by atoms with Crippen LogP contribution in [0.2, 0.25) is 0 Å². The fraction of sp³-hybridized carbons (Fsp3) is 0.500. The quantitative estimate of drug-likeness (QED) is 0.661. The van der Waals surface area contributed by atoms with Gasteiger partial charge in [0, 0.05) is 12.7 Å². The summed E-state index contributed by atoms with van der Waals surface area (Å²) < 4.78 is 13.2. The third-order valence-electron chi connectivity index (χ3n) is 1.22. The highest BCUT2D eigenvalue weighted by molar-refractivity contribution is 4.97. The van der Waals surface area contributed by atoms with E-state index in [0.29, 0.717) is 13.1 Å². The van der Waals surface area contributed by atoms with Crippen molar-refractivity contribution < 1.29 is 4.39 Å². The number of nitrogens with two attached hydrogens (primary N) is 1. The Morgan fingerprint density at radius 3 is 3.00 bits per heavy atom. The summed E-state index contributed by atoms with van der Waals surface area (Å²) in [6.07, 6.45) is 1.72. The zero-order valence-corrected chi connectivity index (χ0v) is 5.63. The van der Waals surface area contributed by atoms with Gasteiger partial charge in [0.05, 0.1) is 12.2 Å². The van der Waals surface area contributed by atoms with Gasteiger partial charge in [0.15, 0.2) is 0 Å². The van der Waals surface area contributed by atoms with Gasteiger partial charge in [-0.3, -0.25) is 4.68 Å². The van der Waals surface area contributed by atoms with Gasteiger partial charge < -0.3 is 5.73 Å².